The zero-order valence-electron chi connectivity index (χ0n) is 13.8. The third-order valence-corrected chi connectivity index (χ3v) is 3.73. The van der Waals surface area contributed by atoms with Gasteiger partial charge in [0.1, 0.15) is 12.6 Å². The number of carboxylic acids is 1. The molecule has 0 spiro atoms. The number of alkyl carbamates (subject to hydrolysis) is 1. The van der Waals surface area contributed by atoms with E-state index in [1.54, 1.807) is 0 Å². The van der Waals surface area contributed by atoms with Crippen molar-refractivity contribution < 1.29 is 19.4 Å². The minimum atomic E-state index is -1.09. The van der Waals surface area contributed by atoms with Crippen LogP contribution in [0.4, 0.5) is 4.79 Å². The molecule has 2 aromatic rings. The monoisotopic (exact) mass is 327 g/mol. The first kappa shape index (κ1) is 17.5. The number of carbonyl (C=O) groups excluding carboxylic acids is 1. The Morgan fingerprint density at radius 2 is 1.83 bits per heavy atom. The van der Waals surface area contributed by atoms with Gasteiger partial charge in [0, 0.05) is 6.42 Å². The molecule has 0 saturated heterocycles. The van der Waals surface area contributed by atoms with Gasteiger partial charge in [-0.15, -0.1) is 0 Å². The van der Waals surface area contributed by atoms with Crippen LogP contribution in [-0.2, 0) is 22.6 Å². The molecule has 5 nitrogen and oxygen atoms in total. The number of benzene rings is 2. The van der Waals surface area contributed by atoms with Crippen molar-refractivity contribution in [2.24, 2.45) is 0 Å². The molecule has 1 amide bonds. The summed E-state index contributed by atoms with van der Waals surface area (Å²) in [6.07, 6.45) is -0.530. The lowest BCUT2D eigenvalue weighted by molar-refractivity contribution is -0.139. The number of ether oxygens (including phenoxy) is 1. The zero-order valence-corrected chi connectivity index (χ0v) is 13.8. The Kier molecular flexibility index (Phi) is 5.95. The number of aliphatic carboxylic acids is 1. The van der Waals surface area contributed by atoms with Gasteiger partial charge in [-0.25, -0.2) is 9.59 Å². The predicted octanol–water partition coefficient (Wildman–Crippen LogP) is 3.23. The van der Waals surface area contributed by atoms with Gasteiger partial charge >= 0.3 is 12.1 Å². The van der Waals surface area contributed by atoms with Gasteiger partial charge in [-0.2, -0.15) is 0 Å². The summed E-state index contributed by atoms with van der Waals surface area (Å²) in [4.78, 5) is 23.3. The third kappa shape index (κ3) is 5.12. The number of carbonyl (C=O) groups is 2. The first-order valence-corrected chi connectivity index (χ1v) is 7.72. The van der Waals surface area contributed by atoms with Crippen LogP contribution >= 0.6 is 0 Å². The number of nitrogens with one attached hydrogen (secondary N) is 1. The maximum absolute atomic E-state index is 11.9. The predicted molar refractivity (Wildman–Crippen MR) is 90.8 cm³/mol. The molecule has 0 saturated carbocycles. The topological polar surface area (TPSA) is 75.6 Å². The van der Waals surface area contributed by atoms with Crippen LogP contribution in [0.15, 0.2) is 48.5 Å². The Morgan fingerprint density at radius 1 is 1.12 bits per heavy atom. The normalized spacial score (nSPS) is 11.6. The van der Waals surface area contributed by atoms with Crippen LogP contribution in [0, 0.1) is 13.8 Å². The number of hydrogen-bond donors (Lipinski definition) is 2. The average Bonchev–Trinajstić information content (AvgIpc) is 2.55. The number of hydrogen-bond acceptors (Lipinski definition) is 3. The maximum atomic E-state index is 11.9. The van der Waals surface area contributed by atoms with E-state index in [0.717, 1.165) is 22.3 Å². The van der Waals surface area contributed by atoms with E-state index in [0.29, 0.717) is 0 Å². The van der Waals surface area contributed by atoms with Crippen LogP contribution in [-0.4, -0.2) is 23.2 Å². The zero-order chi connectivity index (χ0) is 17.5. The lowest BCUT2D eigenvalue weighted by Gasteiger charge is -2.16. The molecule has 0 aliphatic heterocycles. The summed E-state index contributed by atoms with van der Waals surface area (Å²) in [6, 6.07) is 14.0. The molecule has 2 rings (SSSR count). The maximum Gasteiger partial charge on any atom is 0.408 e. The van der Waals surface area contributed by atoms with Crippen LogP contribution in [0.25, 0.3) is 0 Å². The van der Waals surface area contributed by atoms with Gasteiger partial charge in [-0.1, -0.05) is 54.1 Å². The summed E-state index contributed by atoms with van der Waals surface area (Å²) >= 11 is 0. The molecule has 0 aliphatic carbocycles. The Hall–Kier alpha value is -2.82. The summed E-state index contributed by atoms with van der Waals surface area (Å²) in [5.41, 5.74) is 3.84. The highest BCUT2D eigenvalue weighted by Crippen LogP contribution is 2.13. The minimum Gasteiger partial charge on any atom is -0.480 e. The summed E-state index contributed by atoms with van der Waals surface area (Å²) in [7, 11) is 0. The van der Waals surface area contributed by atoms with Crippen molar-refractivity contribution in [3.05, 3.63) is 70.8 Å². The summed E-state index contributed by atoms with van der Waals surface area (Å²) < 4.78 is 5.08. The summed E-state index contributed by atoms with van der Waals surface area (Å²) in [5.74, 6) is -1.09. The molecular weight excluding hydrogens is 306 g/mol. The molecule has 0 radical (unpaired) electrons. The molecule has 126 valence electrons. The van der Waals surface area contributed by atoms with Gasteiger partial charge in [0.2, 0.25) is 0 Å². The van der Waals surface area contributed by atoms with E-state index in [9.17, 15) is 14.7 Å². The molecule has 0 heterocycles. The van der Waals surface area contributed by atoms with Crippen LogP contribution in [0.5, 0.6) is 0 Å². The lowest BCUT2D eigenvalue weighted by atomic mass is 9.99. The number of amides is 1. The van der Waals surface area contributed by atoms with E-state index >= 15 is 0 Å². The van der Waals surface area contributed by atoms with Crippen LogP contribution in [0.3, 0.4) is 0 Å². The highest BCUT2D eigenvalue weighted by molar-refractivity contribution is 5.80. The van der Waals surface area contributed by atoms with Gasteiger partial charge < -0.3 is 15.2 Å². The fourth-order valence-electron chi connectivity index (χ4n) is 2.40. The van der Waals surface area contributed by atoms with Crippen molar-refractivity contribution in [3.8, 4) is 0 Å². The van der Waals surface area contributed by atoms with Crippen molar-refractivity contribution in [2.45, 2.75) is 32.9 Å². The highest BCUT2D eigenvalue weighted by atomic mass is 16.5. The second kappa shape index (κ2) is 8.15. The van der Waals surface area contributed by atoms with Crippen molar-refractivity contribution >= 4 is 12.1 Å². The molecule has 2 N–H and O–H groups in total. The fraction of sp³-hybridized carbons (Fsp3) is 0.263. The van der Waals surface area contributed by atoms with Crippen LogP contribution < -0.4 is 5.32 Å². The third-order valence-electron chi connectivity index (χ3n) is 3.73. The summed E-state index contributed by atoms with van der Waals surface area (Å²) in [6.45, 7) is 4.00. The number of carboxylic acid groups (broad SMARTS) is 1. The van der Waals surface area contributed by atoms with Crippen molar-refractivity contribution in [1.29, 1.82) is 0 Å². The molecule has 1 unspecified atom stereocenters. The van der Waals surface area contributed by atoms with Crippen molar-refractivity contribution in [1.82, 2.24) is 5.32 Å². The molecule has 0 aliphatic rings. The first-order chi connectivity index (χ1) is 11.5. The van der Waals surface area contributed by atoms with E-state index in [2.05, 4.69) is 5.32 Å². The van der Waals surface area contributed by atoms with Gasteiger partial charge in [0.15, 0.2) is 0 Å². The summed E-state index contributed by atoms with van der Waals surface area (Å²) in [5, 5.41) is 11.8. The standard InChI is InChI=1S/C19H21NO4/c1-13-8-9-16(14(2)10-13)11-17(18(21)22)20-19(23)24-12-15-6-4-3-5-7-15/h3-10,17H,11-12H2,1-2H3,(H,20,23)(H,21,22). The molecular formula is C19H21NO4. The molecule has 0 aromatic heterocycles. The molecule has 24 heavy (non-hydrogen) atoms. The average molecular weight is 327 g/mol. The van der Waals surface area contributed by atoms with E-state index < -0.39 is 18.1 Å². The second-order valence-corrected chi connectivity index (χ2v) is 5.73. The Labute approximate surface area is 141 Å². The number of rotatable bonds is 6. The quantitative estimate of drug-likeness (QED) is 0.854. The van der Waals surface area contributed by atoms with E-state index in [-0.39, 0.29) is 13.0 Å². The highest BCUT2D eigenvalue weighted by Gasteiger charge is 2.22. The fourth-order valence-corrected chi connectivity index (χ4v) is 2.40. The molecule has 5 heteroatoms. The van der Waals surface area contributed by atoms with Gasteiger partial charge in [-0.05, 0) is 30.5 Å². The van der Waals surface area contributed by atoms with E-state index in [4.69, 9.17) is 4.74 Å². The Bertz CT molecular complexity index is 713. The van der Waals surface area contributed by atoms with Gasteiger partial charge in [0.25, 0.3) is 0 Å². The van der Waals surface area contributed by atoms with Crippen molar-refractivity contribution in [2.75, 3.05) is 0 Å². The second-order valence-electron chi connectivity index (χ2n) is 5.73. The Morgan fingerprint density at radius 3 is 2.46 bits per heavy atom. The molecule has 2 aromatic carbocycles. The van der Waals surface area contributed by atoms with Gasteiger partial charge in [0.05, 0.1) is 0 Å². The largest absolute Gasteiger partial charge is 0.480 e. The first-order valence-electron chi connectivity index (χ1n) is 7.72. The molecule has 0 fully saturated rings. The Balaban J connectivity index is 1.95. The smallest absolute Gasteiger partial charge is 0.408 e. The van der Waals surface area contributed by atoms with Crippen molar-refractivity contribution in [3.63, 3.8) is 0 Å². The lowest BCUT2D eigenvalue weighted by Crippen LogP contribution is -2.42. The van der Waals surface area contributed by atoms with E-state index in [1.165, 1.54) is 0 Å². The SMILES string of the molecule is Cc1ccc(CC(NC(=O)OCc2ccccc2)C(=O)O)c(C)c1. The molecule has 0 bridgehead atoms. The van der Waals surface area contributed by atoms with Gasteiger partial charge in [-0.3, -0.25) is 0 Å². The van der Waals surface area contributed by atoms with Crippen LogP contribution in [0.2, 0.25) is 0 Å². The van der Waals surface area contributed by atoms with E-state index in [1.807, 2.05) is 62.4 Å². The minimum absolute atomic E-state index is 0.0998. The van der Waals surface area contributed by atoms with Crippen LogP contribution in [0.1, 0.15) is 22.3 Å². The number of aryl methyl sites for hydroxylation is 2. The molecule has 1 atom stereocenters.